The van der Waals surface area contributed by atoms with Crippen LogP contribution in [-0.2, 0) is 6.54 Å². The lowest BCUT2D eigenvalue weighted by atomic mass is 10.2. The minimum atomic E-state index is 0.484. The van der Waals surface area contributed by atoms with Gasteiger partial charge in [0.25, 0.3) is 0 Å². The normalized spacial score (nSPS) is 12.7. The number of thiophene rings is 1. The van der Waals surface area contributed by atoms with Crippen LogP contribution in [0.1, 0.15) is 40.6 Å². The number of aromatic nitrogens is 2. The number of hydrogen-bond donors (Lipinski definition) is 1. The Bertz CT molecular complexity index is 755. The summed E-state index contributed by atoms with van der Waals surface area (Å²) in [4.78, 5) is 1.42. The predicted octanol–water partition coefficient (Wildman–Crippen LogP) is 3.28. The standard InChI is InChI=1S/C17H21N3OS/c1-11-8-15(10-18-13(3)16-6-5-7-22-16)14(4)20(11)17-9-12(2)21-19-17/h5-9,13,18H,10H2,1-4H3/p+1/t13-/m0/s1. The zero-order chi connectivity index (χ0) is 15.7. The number of rotatable bonds is 5. The second-order valence-corrected chi connectivity index (χ2v) is 6.75. The van der Waals surface area contributed by atoms with Crippen LogP contribution < -0.4 is 5.32 Å². The Labute approximate surface area is 134 Å². The Hall–Kier alpha value is -1.85. The molecule has 22 heavy (non-hydrogen) atoms. The van der Waals surface area contributed by atoms with Gasteiger partial charge in [-0.2, -0.15) is 0 Å². The first-order valence-corrected chi connectivity index (χ1v) is 8.42. The van der Waals surface area contributed by atoms with E-state index in [1.807, 2.05) is 24.3 Å². The average molecular weight is 316 g/mol. The first kappa shape index (κ1) is 15.1. The maximum Gasteiger partial charge on any atom is 0.180 e. The van der Waals surface area contributed by atoms with Gasteiger partial charge < -0.3 is 9.84 Å². The Kier molecular flexibility index (Phi) is 4.18. The van der Waals surface area contributed by atoms with E-state index < -0.39 is 0 Å². The highest BCUT2D eigenvalue weighted by molar-refractivity contribution is 7.10. The van der Waals surface area contributed by atoms with Crippen molar-refractivity contribution in [3.8, 4) is 5.82 Å². The van der Waals surface area contributed by atoms with E-state index in [-0.39, 0.29) is 0 Å². The Balaban J connectivity index is 1.78. The monoisotopic (exact) mass is 316 g/mol. The lowest BCUT2D eigenvalue weighted by molar-refractivity contribution is -0.707. The van der Waals surface area contributed by atoms with Crippen LogP contribution in [0.2, 0.25) is 0 Å². The van der Waals surface area contributed by atoms with Gasteiger partial charge in [-0.25, -0.2) is 0 Å². The smallest absolute Gasteiger partial charge is 0.180 e. The van der Waals surface area contributed by atoms with Crippen molar-refractivity contribution in [2.24, 2.45) is 0 Å². The number of nitrogens with two attached hydrogens (primary N) is 1. The van der Waals surface area contributed by atoms with E-state index in [9.17, 15) is 0 Å². The van der Waals surface area contributed by atoms with Gasteiger partial charge in [0.2, 0.25) is 0 Å². The van der Waals surface area contributed by atoms with Gasteiger partial charge in [-0.05, 0) is 45.2 Å². The highest BCUT2D eigenvalue weighted by atomic mass is 32.1. The van der Waals surface area contributed by atoms with Crippen LogP contribution in [-0.4, -0.2) is 9.72 Å². The fourth-order valence-electron chi connectivity index (χ4n) is 2.82. The Morgan fingerprint density at radius 1 is 1.32 bits per heavy atom. The molecule has 3 aromatic rings. The molecule has 0 unspecified atom stereocenters. The van der Waals surface area contributed by atoms with Crippen LogP contribution in [0.4, 0.5) is 0 Å². The first-order valence-electron chi connectivity index (χ1n) is 7.54. The van der Waals surface area contributed by atoms with Crippen LogP contribution in [0.25, 0.3) is 5.82 Å². The summed E-state index contributed by atoms with van der Waals surface area (Å²) in [6, 6.07) is 9.02. The van der Waals surface area contributed by atoms with E-state index in [1.54, 1.807) is 0 Å². The molecule has 0 aliphatic heterocycles. The van der Waals surface area contributed by atoms with E-state index in [2.05, 4.69) is 59.4 Å². The van der Waals surface area contributed by atoms with Gasteiger partial charge in [0.15, 0.2) is 5.82 Å². The van der Waals surface area contributed by atoms with Gasteiger partial charge in [-0.3, -0.25) is 4.57 Å². The molecule has 116 valence electrons. The van der Waals surface area contributed by atoms with Gasteiger partial charge in [0, 0.05) is 23.0 Å². The second kappa shape index (κ2) is 6.10. The average Bonchev–Trinajstić information content (AvgIpc) is 3.19. The molecule has 3 aromatic heterocycles. The molecule has 0 aliphatic carbocycles. The second-order valence-electron chi connectivity index (χ2n) is 5.77. The minimum Gasteiger partial charge on any atom is -0.360 e. The Morgan fingerprint density at radius 3 is 2.77 bits per heavy atom. The molecule has 0 amide bonds. The molecular weight excluding hydrogens is 294 g/mol. The zero-order valence-corrected chi connectivity index (χ0v) is 14.3. The number of nitrogens with zero attached hydrogens (tertiary/aromatic N) is 2. The summed E-state index contributed by atoms with van der Waals surface area (Å²) in [5.41, 5.74) is 3.78. The first-order chi connectivity index (χ1) is 10.6. The van der Waals surface area contributed by atoms with Crippen molar-refractivity contribution < 1.29 is 9.84 Å². The maximum absolute atomic E-state index is 5.21. The molecule has 0 aliphatic rings. The number of hydrogen-bond acceptors (Lipinski definition) is 3. The number of quaternary nitrogens is 1. The van der Waals surface area contributed by atoms with Crippen molar-refractivity contribution in [2.75, 3.05) is 0 Å². The molecule has 0 radical (unpaired) electrons. The van der Waals surface area contributed by atoms with Crippen molar-refractivity contribution in [3.05, 3.63) is 57.2 Å². The third-order valence-corrected chi connectivity index (χ3v) is 5.14. The highest BCUT2D eigenvalue weighted by Crippen LogP contribution is 2.20. The van der Waals surface area contributed by atoms with Crippen LogP contribution in [0.5, 0.6) is 0 Å². The van der Waals surface area contributed by atoms with E-state index in [4.69, 9.17) is 4.52 Å². The fourth-order valence-corrected chi connectivity index (χ4v) is 3.60. The molecule has 0 bridgehead atoms. The molecule has 0 saturated carbocycles. The topological polar surface area (TPSA) is 47.6 Å². The molecule has 3 heterocycles. The summed E-state index contributed by atoms with van der Waals surface area (Å²) >= 11 is 1.82. The summed E-state index contributed by atoms with van der Waals surface area (Å²) in [7, 11) is 0. The van der Waals surface area contributed by atoms with Crippen molar-refractivity contribution in [1.29, 1.82) is 0 Å². The van der Waals surface area contributed by atoms with Crippen molar-refractivity contribution in [3.63, 3.8) is 0 Å². The minimum absolute atomic E-state index is 0.484. The van der Waals surface area contributed by atoms with E-state index >= 15 is 0 Å². The predicted molar refractivity (Wildman–Crippen MR) is 88.4 cm³/mol. The zero-order valence-electron chi connectivity index (χ0n) is 13.5. The maximum atomic E-state index is 5.21. The molecule has 4 nitrogen and oxygen atoms in total. The molecule has 0 saturated heterocycles. The van der Waals surface area contributed by atoms with Gasteiger partial charge >= 0.3 is 0 Å². The lowest BCUT2D eigenvalue weighted by Crippen LogP contribution is -2.82. The Morgan fingerprint density at radius 2 is 2.14 bits per heavy atom. The van der Waals surface area contributed by atoms with Gasteiger partial charge in [0.1, 0.15) is 18.3 Å². The summed E-state index contributed by atoms with van der Waals surface area (Å²) in [5, 5.41) is 8.65. The summed E-state index contributed by atoms with van der Waals surface area (Å²) in [6.45, 7) is 9.41. The molecule has 0 spiro atoms. The van der Waals surface area contributed by atoms with E-state index in [0.29, 0.717) is 6.04 Å². The lowest BCUT2D eigenvalue weighted by Gasteiger charge is -2.09. The van der Waals surface area contributed by atoms with Crippen LogP contribution in [0.15, 0.2) is 34.2 Å². The SMILES string of the molecule is Cc1cc(-n2c(C)cc(C[NH2+][C@@H](C)c3cccs3)c2C)no1. The number of aryl methyl sites for hydroxylation is 2. The van der Waals surface area contributed by atoms with Crippen LogP contribution in [0.3, 0.4) is 0 Å². The van der Waals surface area contributed by atoms with Crippen molar-refractivity contribution in [2.45, 2.75) is 40.3 Å². The van der Waals surface area contributed by atoms with Crippen LogP contribution >= 0.6 is 11.3 Å². The van der Waals surface area contributed by atoms with E-state index in [1.165, 1.54) is 21.8 Å². The van der Waals surface area contributed by atoms with E-state index in [0.717, 1.165) is 18.1 Å². The quantitative estimate of drug-likeness (QED) is 0.785. The molecule has 0 aromatic carbocycles. The molecule has 5 heteroatoms. The largest absolute Gasteiger partial charge is 0.360 e. The molecule has 3 rings (SSSR count). The molecule has 1 atom stereocenters. The molecule has 0 fully saturated rings. The van der Waals surface area contributed by atoms with Crippen LogP contribution in [0, 0.1) is 20.8 Å². The van der Waals surface area contributed by atoms with Gasteiger partial charge in [0.05, 0.1) is 4.88 Å². The summed E-state index contributed by atoms with van der Waals surface area (Å²) < 4.78 is 7.37. The summed E-state index contributed by atoms with van der Waals surface area (Å²) in [6.07, 6.45) is 0. The van der Waals surface area contributed by atoms with Crippen molar-refractivity contribution in [1.82, 2.24) is 9.72 Å². The third-order valence-electron chi connectivity index (χ3n) is 4.06. The molecule has 2 N–H and O–H groups in total. The van der Waals surface area contributed by atoms with Gasteiger partial charge in [-0.15, -0.1) is 11.3 Å². The van der Waals surface area contributed by atoms with Gasteiger partial charge in [-0.1, -0.05) is 11.2 Å². The highest BCUT2D eigenvalue weighted by Gasteiger charge is 2.16. The van der Waals surface area contributed by atoms with Crippen molar-refractivity contribution >= 4 is 11.3 Å². The fraction of sp³-hybridized carbons (Fsp3) is 0.353. The molecular formula is C17H22N3OS+. The summed E-state index contributed by atoms with van der Waals surface area (Å²) in [5.74, 6) is 1.70. The third kappa shape index (κ3) is 2.87.